The summed E-state index contributed by atoms with van der Waals surface area (Å²) in [4.78, 5) is 0. The molecule has 0 aromatic carbocycles. The van der Waals surface area contributed by atoms with Crippen LogP contribution in [0.5, 0.6) is 5.19 Å². The SMILES string of the molecule is CC(C)(C)[Si](C)(C)O[C@@H]1CCC[C@H]1COc1nnc(N)s1. The van der Waals surface area contributed by atoms with Crippen molar-refractivity contribution in [3.8, 4) is 5.19 Å². The molecule has 120 valence electrons. The zero-order valence-corrected chi connectivity index (χ0v) is 15.5. The van der Waals surface area contributed by atoms with Gasteiger partial charge in [0.05, 0.1) is 12.7 Å². The van der Waals surface area contributed by atoms with Gasteiger partial charge in [-0.1, -0.05) is 32.3 Å². The van der Waals surface area contributed by atoms with Crippen molar-refractivity contribution >= 4 is 24.8 Å². The summed E-state index contributed by atoms with van der Waals surface area (Å²) in [6.45, 7) is 12.1. The van der Waals surface area contributed by atoms with Gasteiger partial charge in [-0.25, -0.2) is 0 Å². The van der Waals surface area contributed by atoms with Crippen molar-refractivity contribution in [2.75, 3.05) is 12.3 Å². The van der Waals surface area contributed by atoms with Crippen molar-refractivity contribution in [1.82, 2.24) is 10.2 Å². The largest absolute Gasteiger partial charge is 0.469 e. The monoisotopic (exact) mass is 329 g/mol. The molecule has 1 heterocycles. The average Bonchev–Trinajstić information content (AvgIpc) is 2.94. The van der Waals surface area contributed by atoms with Gasteiger partial charge in [0, 0.05) is 5.92 Å². The number of ether oxygens (including phenoxy) is 1. The van der Waals surface area contributed by atoms with E-state index in [1.807, 2.05) is 0 Å². The van der Waals surface area contributed by atoms with Crippen LogP contribution in [0.2, 0.25) is 18.1 Å². The molecule has 1 aliphatic rings. The summed E-state index contributed by atoms with van der Waals surface area (Å²) in [5.74, 6) is 0.448. The lowest BCUT2D eigenvalue weighted by Gasteiger charge is -2.39. The quantitative estimate of drug-likeness (QED) is 0.834. The molecular formula is C14H27N3O2SSi. The van der Waals surface area contributed by atoms with E-state index in [0.717, 1.165) is 12.8 Å². The van der Waals surface area contributed by atoms with E-state index in [-0.39, 0.29) is 5.04 Å². The Kier molecular flexibility index (Phi) is 4.95. The lowest BCUT2D eigenvalue weighted by Crippen LogP contribution is -2.45. The molecule has 0 bridgehead atoms. The third kappa shape index (κ3) is 4.17. The predicted octanol–water partition coefficient (Wildman–Crippen LogP) is 3.69. The molecule has 7 heteroatoms. The second kappa shape index (κ2) is 6.22. The zero-order valence-electron chi connectivity index (χ0n) is 13.7. The highest BCUT2D eigenvalue weighted by molar-refractivity contribution is 7.16. The van der Waals surface area contributed by atoms with Crippen LogP contribution < -0.4 is 10.5 Å². The van der Waals surface area contributed by atoms with E-state index in [1.165, 1.54) is 17.8 Å². The molecule has 1 aromatic heterocycles. The molecule has 1 aromatic rings. The molecule has 0 spiro atoms. The number of hydrogen-bond donors (Lipinski definition) is 1. The highest BCUT2D eigenvalue weighted by Crippen LogP contribution is 2.41. The van der Waals surface area contributed by atoms with Gasteiger partial charge in [0.1, 0.15) is 0 Å². The van der Waals surface area contributed by atoms with Gasteiger partial charge in [-0.3, -0.25) is 0 Å². The third-order valence-electron chi connectivity index (χ3n) is 4.68. The molecular weight excluding hydrogens is 302 g/mol. The van der Waals surface area contributed by atoms with E-state index >= 15 is 0 Å². The molecule has 0 unspecified atom stereocenters. The van der Waals surface area contributed by atoms with E-state index in [4.69, 9.17) is 14.9 Å². The van der Waals surface area contributed by atoms with E-state index in [0.29, 0.717) is 29.0 Å². The number of nitrogens with zero attached hydrogens (tertiary/aromatic N) is 2. The number of nitrogens with two attached hydrogens (primary N) is 1. The minimum absolute atomic E-state index is 0.245. The van der Waals surface area contributed by atoms with Gasteiger partial charge in [-0.05, 0) is 42.3 Å². The number of rotatable bonds is 5. The Bertz CT molecular complexity index is 473. The molecule has 0 aliphatic heterocycles. The first kappa shape index (κ1) is 16.7. The number of hydrogen-bond acceptors (Lipinski definition) is 6. The molecule has 0 radical (unpaired) electrons. The van der Waals surface area contributed by atoms with Crippen LogP contribution >= 0.6 is 11.3 Å². The molecule has 1 fully saturated rings. The number of aromatic nitrogens is 2. The van der Waals surface area contributed by atoms with Crippen molar-refractivity contribution in [1.29, 1.82) is 0 Å². The van der Waals surface area contributed by atoms with Crippen molar-refractivity contribution in [3.63, 3.8) is 0 Å². The van der Waals surface area contributed by atoms with Gasteiger partial charge in [0.15, 0.2) is 8.32 Å². The Labute approximate surface area is 132 Å². The summed E-state index contributed by atoms with van der Waals surface area (Å²) in [6.07, 6.45) is 3.83. The summed E-state index contributed by atoms with van der Waals surface area (Å²) in [6, 6.07) is 0. The van der Waals surface area contributed by atoms with E-state index in [1.54, 1.807) is 0 Å². The first-order chi connectivity index (χ1) is 9.69. The maximum atomic E-state index is 6.57. The molecule has 1 aliphatic carbocycles. The molecule has 5 nitrogen and oxygen atoms in total. The summed E-state index contributed by atoms with van der Waals surface area (Å²) < 4.78 is 12.3. The molecule has 0 amide bonds. The van der Waals surface area contributed by atoms with Gasteiger partial charge >= 0.3 is 0 Å². The lowest BCUT2D eigenvalue weighted by molar-refractivity contribution is 0.106. The second-order valence-corrected chi connectivity index (χ2v) is 13.1. The second-order valence-electron chi connectivity index (χ2n) is 7.32. The molecule has 1 saturated carbocycles. The van der Waals surface area contributed by atoms with Crippen LogP contribution in [-0.4, -0.2) is 31.2 Å². The van der Waals surface area contributed by atoms with Gasteiger partial charge in [0.2, 0.25) is 5.13 Å². The minimum atomic E-state index is -1.72. The smallest absolute Gasteiger partial charge is 0.295 e. The van der Waals surface area contributed by atoms with Crippen molar-refractivity contribution in [2.24, 2.45) is 5.92 Å². The van der Waals surface area contributed by atoms with Gasteiger partial charge in [-0.15, -0.1) is 5.10 Å². The van der Waals surface area contributed by atoms with Crippen LogP contribution in [0.3, 0.4) is 0 Å². The van der Waals surface area contributed by atoms with E-state index in [9.17, 15) is 0 Å². The van der Waals surface area contributed by atoms with Crippen molar-refractivity contribution in [3.05, 3.63) is 0 Å². The zero-order chi connectivity index (χ0) is 15.7. The average molecular weight is 330 g/mol. The number of anilines is 1. The summed E-state index contributed by atoms with van der Waals surface area (Å²) in [5, 5.41) is 8.93. The summed E-state index contributed by atoms with van der Waals surface area (Å²) in [7, 11) is -1.72. The highest BCUT2D eigenvalue weighted by Gasteiger charge is 2.42. The fourth-order valence-electron chi connectivity index (χ4n) is 2.36. The van der Waals surface area contributed by atoms with Crippen LogP contribution in [0.25, 0.3) is 0 Å². The fraction of sp³-hybridized carbons (Fsp3) is 0.857. The van der Waals surface area contributed by atoms with Crippen LogP contribution in [0.1, 0.15) is 40.0 Å². The first-order valence-electron chi connectivity index (χ1n) is 7.58. The topological polar surface area (TPSA) is 70.3 Å². The number of nitrogen functional groups attached to an aromatic ring is 1. The standard InChI is InChI=1S/C14H27N3O2SSi/c1-14(2,3)21(4,5)19-11-8-6-7-10(11)9-18-13-17-16-12(15)20-13/h10-11H,6-9H2,1-5H3,(H2,15,16)/t10-,11+/m0/s1. The van der Waals surface area contributed by atoms with E-state index < -0.39 is 8.32 Å². The van der Waals surface area contributed by atoms with Crippen LogP contribution in [0, 0.1) is 5.92 Å². The Hall–Kier alpha value is -0.663. The highest BCUT2D eigenvalue weighted by atomic mass is 32.1. The lowest BCUT2D eigenvalue weighted by atomic mass is 10.1. The van der Waals surface area contributed by atoms with Gasteiger partial charge in [-0.2, -0.15) is 0 Å². The Balaban J connectivity index is 1.91. The Morgan fingerprint density at radius 1 is 1.29 bits per heavy atom. The van der Waals surface area contributed by atoms with Gasteiger partial charge < -0.3 is 14.9 Å². The van der Waals surface area contributed by atoms with Crippen LogP contribution in [-0.2, 0) is 4.43 Å². The Morgan fingerprint density at radius 3 is 2.57 bits per heavy atom. The minimum Gasteiger partial charge on any atom is -0.469 e. The third-order valence-corrected chi connectivity index (χ3v) is 9.85. The van der Waals surface area contributed by atoms with Gasteiger partial charge in [0.25, 0.3) is 5.19 Å². The molecule has 0 saturated heterocycles. The first-order valence-corrected chi connectivity index (χ1v) is 11.3. The predicted molar refractivity (Wildman–Crippen MR) is 89.2 cm³/mol. The summed E-state index contributed by atoms with van der Waals surface area (Å²) >= 11 is 1.29. The normalized spacial score (nSPS) is 23.5. The van der Waals surface area contributed by atoms with E-state index in [2.05, 4.69) is 44.1 Å². The Morgan fingerprint density at radius 2 is 2.00 bits per heavy atom. The van der Waals surface area contributed by atoms with Crippen LogP contribution in [0.4, 0.5) is 5.13 Å². The van der Waals surface area contributed by atoms with Crippen molar-refractivity contribution < 1.29 is 9.16 Å². The maximum Gasteiger partial charge on any atom is 0.295 e. The summed E-state index contributed by atoms with van der Waals surface area (Å²) in [5.41, 5.74) is 5.57. The van der Waals surface area contributed by atoms with Crippen molar-refractivity contribution in [2.45, 2.75) is 64.3 Å². The molecule has 2 atom stereocenters. The molecule has 21 heavy (non-hydrogen) atoms. The molecule has 2 N–H and O–H groups in total. The molecule has 2 rings (SSSR count). The fourth-order valence-corrected chi connectivity index (χ4v) is 4.25. The maximum absolute atomic E-state index is 6.57. The van der Waals surface area contributed by atoms with Crippen LogP contribution in [0.15, 0.2) is 0 Å².